The molecule has 2 aromatic heterocycles. The number of Topliss-reactive ketones (excluding diaryl/α,β-unsaturated/α-hetero) is 2. The van der Waals surface area contributed by atoms with Gasteiger partial charge in [-0.15, -0.1) is 11.3 Å². The van der Waals surface area contributed by atoms with Crippen LogP contribution >= 0.6 is 11.3 Å². The molecule has 2 heterocycles. The van der Waals surface area contributed by atoms with E-state index >= 15 is 0 Å². The maximum atomic E-state index is 11.8. The maximum absolute atomic E-state index is 11.8. The van der Waals surface area contributed by atoms with Gasteiger partial charge in [0, 0.05) is 24.3 Å². The van der Waals surface area contributed by atoms with Crippen molar-refractivity contribution in [1.82, 2.24) is 4.98 Å². The molecular weight excluding hydrogens is 248 g/mol. The second-order valence-corrected chi connectivity index (χ2v) is 5.51. The summed E-state index contributed by atoms with van der Waals surface area (Å²) in [6.45, 7) is 1.49. The predicted molar refractivity (Wildman–Crippen MR) is 71.3 cm³/mol. The lowest BCUT2D eigenvalue weighted by atomic mass is 9.94. The first kappa shape index (κ1) is 11.3. The van der Waals surface area contributed by atoms with Crippen LogP contribution in [0.3, 0.4) is 0 Å². The highest BCUT2D eigenvalue weighted by Crippen LogP contribution is 2.35. The molecule has 18 heavy (non-hydrogen) atoms. The molecule has 1 aliphatic rings. The fourth-order valence-electron chi connectivity index (χ4n) is 2.32. The number of hydrogen-bond acceptors (Lipinski definition) is 5. The number of ketones is 2. The van der Waals surface area contributed by atoms with Crippen LogP contribution in [0.5, 0.6) is 0 Å². The number of aryl methyl sites for hydroxylation is 1. The summed E-state index contributed by atoms with van der Waals surface area (Å²) in [5.41, 5.74) is 7.93. The molecule has 2 N–H and O–H groups in total. The van der Waals surface area contributed by atoms with E-state index in [0.717, 1.165) is 28.8 Å². The fourth-order valence-corrected chi connectivity index (χ4v) is 3.31. The number of aromatic nitrogens is 1. The SMILES string of the molecule is CC(=O)c1sc2nc3c(cc2c1N)C(=O)CCC3. The smallest absolute Gasteiger partial charge is 0.171 e. The summed E-state index contributed by atoms with van der Waals surface area (Å²) in [6, 6.07) is 1.80. The van der Waals surface area contributed by atoms with Gasteiger partial charge in [-0.05, 0) is 18.9 Å². The minimum atomic E-state index is -0.0557. The number of fused-ring (bicyclic) bond motifs is 2. The van der Waals surface area contributed by atoms with E-state index in [2.05, 4.69) is 4.98 Å². The first-order chi connectivity index (χ1) is 8.58. The summed E-state index contributed by atoms with van der Waals surface area (Å²) in [6.07, 6.45) is 2.25. The second-order valence-electron chi connectivity index (χ2n) is 4.51. The van der Waals surface area contributed by atoms with E-state index in [1.165, 1.54) is 18.3 Å². The standard InChI is InChI=1S/C13H12N2O2S/c1-6(16)12-11(14)8-5-7-9(15-13(8)18-12)3-2-4-10(7)17/h5H,2-4,14H2,1H3. The van der Waals surface area contributed by atoms with E-state index in [9.17, 15) is 9.59 Å². The van der Waals surface area contributed by atoms with Crippen LogP contribution in [-0.2, 0) is 6.42 Å². The van der Waals surface area contributed by atoms with Crippen molar-refractivity contribution >= 4 is 38.8 Å². The van der Waals surface area contributed by atoms with E-state index < -0.39 is 0 Å². The van der Waals surface area contributed by atoms with E-state index in [4.69, 9.17) is 5.73 Å². The van der Waals surface area contributed by atoms with Crippen LogP contribution in [0.1, 0.15) is 45.5 Å². The molecule has 4 nitrogen and oxygen atoms in total. The minimum absolute atomic E-state index is 0.0557. The van der Waals surface area contributed by atoms with Crippen molar-refractivity contribution in [3.8, 4) is 0 Å². The summed E-state index contributed by atoms with van der Waals surface area (Å²) >= 11 is 1.31. The van der Waals surface area contributed by atoms with Crippen LogP contribution in [0, 0.1) is 0 Å². The Hall–Kier alpha value is -1.75. The summed E-state index contributed by atoms with van der Waals surface area (Å²) < 4.78 is 0. The zero-order chi connectivity index (χ0) is 12.9. The average molecular weight is 260 g/mol. The molecule has 0 saturated carbocycles. The van der Waals surface area contributed by atoms with E-state index in [1.807, 2.05) is 0 Å². The number of nitrogen functional groups attached to an aromatic ring is 1. The van der Waals surface area contributed by atoms with Gasteiger partial charge in [-0.25, -0.2) is 4.98 Å². The molecule has 2 aromatic rings. The number of carbonyl (C=O) groups is 2. The third kappa shape index (κ3) is 1.54. The number of nitrogens with two attached hydrogens (primary N) is 1. The molecule has 0 bridgehead atoms. The van der Waals surface area contributed by atoms with Crippen molar-refractivity contribution in [2.24, 2.45) is 0 Å². The van der Waals surface area contributed by atoms with Crippen molar-refractivity contribution in [3.05, 3.63) is 22.2 Å². The van der Waals surface area contributed by atoms with E-state index in [0.29, 0.717) is 22.5 Å². The van der Waals surface area contributed by atoms with Gasteiger partial charge >= 0.3 is 0 Å². The molecular formula is C13H12N2O2S. The lowest BCUT2D eigenvalue weighted by Crippen LogP contribution is -2.12. The Bertz CT molecular complexity index is 688. The number of pyridine rings is 1. The molecule has 0 fully saturated rings. The number of carbonyl (C=O) groups excluding carboxylic acids is 2. The fraction of sp³-hybridized carbons (Fsp3) is 0.308. The number of hydrogen-bond donors (Lipinski definition) is 1. The van der Waals surface area contributed by atoms with E-state index in [1.54, 1.807) is 6.07 Å². The van der Waals surface area contributed by atoms with Gasteiger partial charge in [0.15, 0.2) is 11.6 Å². The normalized spacial score (nSPS) is 14.8. The zero-order valence-electron chi connectivity index (χ0n) is 9.95. The summed E-state index contributed by atoms with van der Waals surface area (Å²) in [4.78, 5) is 29.1. The lowest BCUT2D eigenvalue weighted by molar-refractivity contribution is 0.0970. The van der Waals surface area contributed by atoms with Crippen molar-refractivity contribution in [1.29, 1.82) is 0 Å². The van der Waals surface area contributed by atoms with Gasteiger partial charge in [0.05, 0.1) is 16.3 Å². The Balaban J connectivity index is 2.31. The van der Waals surface area contributed by atoms with Gasteiger partial charge in [-0.2, -0.15) is 0 Å². The highest BCUT2D eigenvalue weighted by Gasteiger charge is 2.22. The summed E-state index contributed by atoms with van der Waals surface area (Å²) in [5, 5.41) is 0.735. The van der Waals surface area contributed by atoms with Crippen molar-refractivity contribution in [2.75, 3.05) is 5.73 Å². The van der Waals surface area contributed by atoms with Gasteiger partial charge in [0.25, 0.3) is 0 Å². The first-order valence-electron chi connectivity index (χ1n) is 5.84. The molecule has 0 radical (unpaired) electrons. The number of rotatable bonds is 1. The van der Waals surface area contributed by atoms with Gasteiger partial charge in [-0.3, -0.25) is 9.59 Å². The third-order valence-electron chi connectivity index (χ3n) is 3.24. The van der Waals surface area contributed by atoms with Crippen LogP contribution in [-0.4, -0.2) is 16.6 Å². The molecule has 3 rings (SSSR count). The molecule has 0 saturated heterocycles. The van der Waals surface area contributed by atoms with E-state index in [-0.39, 0.29) is 11.6 Å². The average Bonchev–Trinajstić information content (AvgIpc) is 2.65. The quantitative estimate of drug-likeness (QED) is 0.800. The summed E-state index contributed by atoms with van der Waals surface area (Å²) in [5.74, 6) is 0.0698. The molecule has 0 aromatic carbocycles. The van der Waals surface area contributed by atoms with Crippen LogP contribution < -0.4 is 5.73 Å². The monoisotopic (exact) mass is 260 g/mol. The van der Waals surface area contributed by atoms with Crippen LogP contribution in [0.4, 0.5) is 5.69 Å². The molecule has 0 unspecified atom stereocenters. The molecule has 0 amide bonds. The first-order valence-corrected chi connectivity index (χ1v) is 6.65. The third-order valence-corrected chi connectivity index (χ3v) is 4.45. The molecule has 92 valence electrons. The zero-order valence-corrected chi connectivity index (χ0v) is 10.8. The van der Waals surface area contributed by atoms with Crippen LogP contribution in [0.25, 0.3) is 10.2 Å². The Morgan fingerprint density at radius 1 is 1.44 bits per heavy atom. The molecule has 0 aliphatic heterocycles. The highest BCUT2D eigenvalue weighted by atomic mass is 32.1. The Kier molecular flexibility index (Phi) is 2.45. The van der Waals surface area contributed by atoms with Gasteiger partial charge < -0.3 is 5.73 Å². The number of anilines is 1. The van der Waals surface area contributed by atoms with Crippen molar-refractivity contribution < 1.29 is 9.59 Å². The topological polar surface area (TPSA) is 73.1 Å². The Labute approximate surface area is 108 Å². The van der Waals surface area contributed by atoms with Gasteiger partial charge in [0.1, 0.15) is 4.83 Å². The molecule has 0 atom stereocenters. The largest absolute Gasteiger partial charge is 0.397 e. The predicted octanol–water partition coefficient (Wildman–Crippen LogP) is 2.60. The van der Waals surface area contributed by atoms with Gasteiger partial charge in [-0.1, -0.05) is 0 Å². The minimum Gasteiger partial charge on any atom is -0.397 e. The van der Waals surface area contributed by atoms with Crippen LogP contribution in [0.2, 0.25) is 0 Å². The lowest BCUT2D eigenvalue weighted by Gasteiger charge is -2.13. The Morgan fingerprint density at radius 3 is 2.94 bits per heavy atom. The molecule has 1 aliphatic carbocycles. The van der Waals surface area contributed by atoms with Gasteiger partial charge in [0.2, 0.25) is 0 Å². The summed E-state index contributed by atoms with van der Waals surface area (Å²) in [7, 11) is 0. The molecule has 5 heteroatoms. The Morgan fingerprint density at radius 2 is 2.22 bits per heavy atom. The van der Waals surface area contributed by atoms with Crippen molar-refractivity contribution in [3.63, 3.8) is 0 Å². The van der Waals surface area contributed by atoms with Crippen molar-refractivity contribution in [2.45, 2.75) is 26.2 Å². The van der Waals surface area contributed by atoms with Crippen LogP contribution in [0.15, 0.2) is 6.07 Å². The maximum Gasteiger partial charge on any atom is 0.171 e. The highest BCUT2D eigenvalue weighted by molar-refractivity contribution is 7.21. The number of nitrogens with zero attached hydrogens (tertiary/aromatic N) is 1. The second kappa shape index (κ2) is 3.88. The molecule has 0 spiro atoms. The number of thiophene rings is 1.